The van der Waals surface area contributed by atoms with Gasteiger partial charge in [0.05, 0.1) is 11.5 Å². The molecule has 28 heavy (non-hydrogen) atoms. The van der Waals surface area contributed by atoms with Gasteiger partial charge in [-0.25, -0.2) is 0 Å². The highest BCUT2D eigenvalue weighted by Gasteiger charge is 2.26. The van der Waals surface area contributed by atoms with E-state index in [0.717, 1.165) is 17.3 Å². The summed E-state index contributed by atoms with van der Waals surface area (Å²) in [6.07, 6.45) is 1.06. The third kappa shape index (κ3) is 7.22. The number of carbonyl (C=O) groups is 4. The van der Waals surface area contributed by atoms with Crippen LogP contribution in [0.25, 0.3) is 0 Å². The predicted molar refractivity (Wildman–Crippen MR) is 107 cm³/mol. The van der Waals surface area contributed by atoms with Gasteiger partial charge in [-0.3, -0.25) is 19.2 Å². The van der Waals surface area contributed by atoms with E-state index in [4.69, 9.17) is 10.5 Å². The van der Waals surface area contributed by atoms with E-state index in [1.165, 1.54) is 0 Å². The van der Waals surface area contributed by atoms with Crippen LogP contribution in [-0.2, 0) is 23.9 Å². The van der Waals surface area contributed by atoms with E-state index in [0.29, 0.717) is 31.6 Å². The van der Waals surface area contributed by atoms with E-state index in [1.54, 1.807) is 4.90 Å². The van der Waals surface area contributed by atoms with Crippen LogP contribution in [0.3, 0.4) is 0 Å². The minimum atomic E-state index is -0.548. The number of likely N-dealkylation sites (tertiary alicyclic amines) is 1. The van der Waals surface area contributed by atoms with E-state index >= 15 is 0 Å². The molecule has 0 radical (unpaired) electrons. The number of hydrogen-bond acceptors (Lipinski definition) is 6. The molecule has 1 aromatic carbocycles. The molecule has 152 valence electrons. The molecule has 8 nitrogen and oxygen atoms in total. The molecule has 1 aliphatic rings. The molecular formula is C19H25N3O5S. The fraction of sp³-hybridized carbons (Fsp3) is 0.474. The summed E-state index contributed by atoms with van der Waals surface area (Å²) in [5.41, 5.74) is 7.06. The fourth-order valence-corrected chi connectivity index (χ4v) is 3.36. The number of nitrogens with two attached hydrogens (primary N) is 1. The lowest BCUT2D eigenvalue weighted by Crippen LogP contribution is -2.43. The third-order valence-electron chi connectivity index (χ3n) is 4.40. The summed E-state index contributed by atoms with van der Waals surface area (Å²) < 4.78 is 4.97. The molecule has 3 N–H and O–H groups in total. The number of hydrogen-bond donors (Lipinski definition) is 2. The number of esters is 1. The van der Waals surface area contributed by atoms with Crippen molar-refractivity contribution in [3.8, 4) is 0 Å². The van der Waals surface area contributed by atoms with Gasteiger partial charge in [-0.1, -0.05) is 17.7 Å². The Morgan fingerprint density at radius 3 is 2.39 bits per heavy atom. The largest absolute Gasteiger partial charge is 0.455 e. The van der Waals surface area contributed by atoms with Crippen molar-refractivity contribution in [2.24, 2.45) is 11.7 Å². The molecule has 3 amide bonds. The monoisotopic (exact) mass is 407 g/mol. The molecule has 0 bridgehead atoms. The normalized spacial score (nSPS) is 14.4. The minimum absolute atomic E-state index is 0.0155. The SMILES string of the molecule is Cc1ccc(NC(=O)CSCC(=O)OCC(=O)N2CCC(C(N)=O)CC2)cc1. The highest BCUT2D eigenvalue weighted by molar-refractivity contribution is 8.00. The molecule has 0 aromatic heterocycles. The van der Waals surface area contributed by atoms with Crippen LogP contribution in [-0.4, -0.2) is 59.8 Å². The molecule has 0 saturated carbocycles. The first-order valence-corrected chi connectivity index (χ1v) is 10.2. The summed E-state index contributed by atoms with van der Waals surface area (Å²) in [5, 5.41) is 2.74. The Morgan fingerprint density at radius 2 is 1.79 bits per heavy atom. The molecule has 0 atom stereocenters. The topological polar surface area (TPSA) is 119 Å². The van der Waals surface area contributed by atoms with Crippen LogP contribution >= 0.6 is 11.8 Å². The van der Waals surface area contributed by atoms with Gasteiger partial charge in [0, 0.05) is 24.7 Å². The molecule has 1 saturated heterocycles. The number of benzene rings is 1. The molecule has 9 heteroatoms. The smallest absolute Gasteiger partial charge is 0.316 e. The van der Waals surface area contributed by atoms with Crippen LogP contribution in [0.4, 0.5) is 5.69 Å². The Balaban J connectivity index is 1.59. The van der Waals surface area contributed by atoms with Crippen LogP contribution in [0.5, 0.6) is 0 Å². The van der Waals surface area contributed by atoms with Crippen LogP contribution < -0.4 is 11.1 Å². The number of carbonyl (C=O) groups excluding carboxylic acids is 4. The predicted octanol–water partition coefficient (Wildman–Crippen LogP) is 0.934. The number of nitrogens with zero attached hydrogens (tertiary/aromatic N) is 1. The summed E-state index contributed by atoms with van der Waals surface area (Å²) in [4.78, 5) is 48.3. The Hall–Kier alpha value is -2.55. The van der Waals surface area contributed by atoms with Gasteiger partial charge in [-0.2, -0.15) is 0 Å². The summed E-state index contributed by atoms with van der Waals surface area (Å²) in [5.74, 6) is -1.51. The molecular weight excluding hydrogens is 382 g/mol. The van der Waals surface area contributed by atoms with Gasteiger partial charge in [0.15, 0.2) is 6.61 Å². The average Bonchev–Trinajstić information content (AvgIpc) is 2.68. The van der Waals surface area contributed by atoms with E-state index in [2.05, 4.69) is 5.32 Å². The maximum absolute atomic E-state index is 12.0. The Kier molecular flexibility index (Phi) is 8.31. The lowest BCUT2D eigenvalue weighted by atomic mass is 9.96. The number of anilines is 1. The number of rotatable bonds is 8. The maximum atomic E-state index is 12.0. The summed E-state index contributed by atoms with van der Waals surface area (Å²) in [6, 6.07) is 7.41. The highest BCUT2D eigenvalue weighted by atomic mass is 32.2. The molecule has 2 rings (SSSR count). The van der Waals surface area contributed by atoms with E-state index in [1.807, 2.05) is 31.2 Å². The number of aryl methyl sites for hydroxylation is 1. The molecule has 0 aliphatic carbocycles. The first-order chi connectivity index (χ1) is 13.3. The second-order valence-corrected chi connectivity index (χ2v) is 7.61. The van der Waals surface area contributed by atoms with Crippen LogP contribution in [0.15, 0.2) is 24.3 Å². The van der Waals surface area contributed by atoms with Gasteiger partial charge in [0.25, 0.3) is 5.91 Å². The lowest BCUT2D eigenvalue weighted by Gasteiger charge is -2.30. The number of thioether (sulfide) groups is 1. The number of nitrogens with one attached hydrogen (secondary N) is 1. The zero-order valence-electron chi connectivity index (χ0n) is 15.8. The van der Waals surface area contributed by atoms with Gasteiger partial charge in [0.2, 0.25) is 11.8 Å². The van der Waals surface area contributed by atoms with Crippen molar-refractivity contribution in [1.29, 1.82) is 0 Å². The van der Waals surface area contributed by atoms with Gasteiger partial charge < -0.3 is 20.7 Å². The minimum Gasteiger partial charge on any atom is -0.455 e. The number of amides is 3. The van der Waals surface area contributed by atoms with Gasteiger partial charge in [0.1, 0.15) is 0 Å². The van der Waals surface area contributed by atoms with E-state index in [-0.39, 0.29) is 41.8 Å². The van der Waals surface area contributed by atoms with Crippen molar-refractivity contribution in [3.05, 3.63) is 29.8 Å². The van der Waals surface area contributed by atoms with Crippen molar-refractivity contribution >= 4 is 41.1 Å². The van der Waals surface area contributed by atoms with Gasteiger partial charge in [-0.05, 0) is 31.9 Å². The lowest BCUT2D eigenvalue weighted by molar-refractivity contribution is -0.150. The number of ether oxygens (including phenoxy) is 1. The summed E-state index contributed by atoms with van der Waals surface area (Å²) >= 11 is 1.12. The zero-order chi connectivity index (χ0) is 20.5. The zero-order valence-corrected chi connectivity index (χ0v) is 16.6. The quantitative estimate of drug-likeness (QED) is 0.619. The number of primary amides is 1. The Labute approximate surface area is 168 Å². The second-order valence-electron chi connectivity index (χ2n) is 6.63. The van der Waals surface area contributed by atoms with Crippen LogP contribution in [0, 0.1) is 12.8 Å². The van der Waals surface area contributed by atoms with E-state index < -0.39 is 5.97 Å². The molecule has 1 aliphatic heterocycles. The van der Waals surface area contributed by atoms with Crippen molar-refractivity contribution in [2.75, 3.05) is 36.5 Å². The first kappa shape index (κ1) is 21.7. The standard InChI is InChI=1S/C19H25N3O5S/c1-13-2-4-15(5-3-13)21-16(23)11-28-12-18(25)27-10-17(24)22-8-6-14(7-9-22)19(20)26/h2-5,14H,6-12H2,1H3,(H2,20,26)(H,21,23). The number of piperidine rings is 1. The highest BCUT2D eigenvalue weighted by Crippen LogP contribution is 2.16. The maximum Gasteiger partial charge on any atom is 0.316 e. The van der Waals surface area contributed by atoms with Crippen molar-refractivity contribution in [3.63, 3.8) is 0 Å². The van der Waals surface area contributed by atoms with Gasteiger partial charge in [-0.15, -0.1) is 11.8 Å². The molecule has 0 unspecified atom stereocenters. The molecule has 1 fully saturated rings. The summed E-state index contributed by atoms with van der Waals surface area (Å²) in [7, 11) is 0. The van der Waals surface area contributed by atoms with Crippen molar-refractivity contribution in [2.45, 2.75) is 19.8 Å². The Bertz CT molecular complexity index is 715. The second kappa shape index (κ2) is 10.7. The van der Waals surface area contributed by atoms with Crippen molar-refractivity contribution < 1.29 is 23.9 Å². The van der Waals surface area contributed by atoms with Gasteiger partial charge >= 0.3 is 5.97 Å². The molecule has 1 heterocycles. The Morgan fingerprint density at radius 1 is 1.14 bits per heavy atom. The fourth-order valence-electron chi connectivity index (χ4n) is 2.75. The summed E-state index contributed by atoms with van der Waals surface area (Å²) in [6.45, 7) is 2.48. The molecule has 0 spiro atoms. The first-order valence-electron chi connectivity index (χ1n) is 9.02. The van der Waals surface area contributed by atoms with Crippen LogP contribution in [0.1, 0.15) is 18.4 Å². The van der Waals surface area contributed by atoms with E-state index in [9.17, 15) is 19.2 Å². The molecule has 1 aromatic rings. The van der Waals surface area contributed by atoms with Crippen LogP contribution in [0.2, 0.25) is 0 Å². The van der Waals surface area contributed by atoms with Crippen molar-refractivity contribution in [1.82, 2.24) is 4.90 Å². The average molecular weight is 407 g/mol. The third-order valence-corrected chi connectivity index (χ3v) is 5.30.